The van der Waals surface area contributed by atoms with Crippen molar-refractivity contribution in [2.75, 3.05) is 16.9 Å². The molecule has 0 radical (unpaired) electrons. The molecule has 0 aliphatic carbocycles. The number of amides is 2. The Balaban J connectivity index is 2.14. The Kier molecular flexibility index (Phi) is 4.32. The number of nitrogens with one attached hydrogen (secondary N) is 1. The van der Waals surface area contributed by atoms with Crippen molar-refractivity contribution in [3.8, 4) is 0 Å². The minimum Gasteiger partial charge on any atom is -0.480 e. The summed E-state index contributed by atoms with van der Waals surface area (Å²) in [5, 5.41) is 22.4. The minimum atomic E-state index is -1.06. The molecule has 1 unspecified atom stereocenters. The first-order chi connectivity index (χ1) is 9.90. The number of carbonyl (C=O) groups excluding carboxylic acids is 1. The van der Waals surface area contributed by atoms with Crippen molar-refractivity contribution in [1.29, 1.82) is 0 Å². The highest BCUT2D eigenvalue weighted by Crippen LogP contribution is 2.25. The van der Waals surface area contributed by atoms with Gasteiger partial charge in [-0.2, -0.15) is 0 Å². The molecule has 2 rings (SSSR count). The Labute approximate surface area is 124 Å². The number of aliphatic carboxylic acids is 1. The maximum atomic E-state index is 12.1. The summed E-state index contributed by atoms with van der Waals surface area (Å²) in [6.45, 7) is 1.60. The fourth-order valence-corrected chi connectivity index (χ4v) is 3.07. The van der Waals surface area contributed by atoms with E-state index in [0.29, 0.717) is 11.3 Å². The number of thioether (sulfide) groups is 1. The average Bonchev–Trinajstić information content (AvgIpc) is 2.90. The van der Waals surface area contributed by atoms with Gasteiger partial charge in [0.05, 0.1) is 10.8 Å². The van der Waals surface area contributed by atoms with E-state index < -0.39 is 23.0 Å². The van der Waals surface area contributed by atoms with Crippen molar-refractivity contribution < 1.29 is 19.6 Å². The van der Waals surface area contributed by atoms with Gasteiger partial charge in [0.2, 0.25) is 0 Å². The van der Waals surface area contributed by atoms with Gasteiger partial charge in [-0.05, 0) is 13.0 Å². The monoisotopic (exact) mass is 311 g/mol. The number of nitrogens with zero attached hydrogens (tertiary/aromatic N) is 2. The average molecular weight is 311 g/mol. The predicted octanol–water partition coefficient (Wildman–Crippen LogP) is 1.89. The number of carboxylic acids is 1. The van der Waals surface area contributed by atoms with E-state index in [1.165, 1.54) is 28.8 Å². The van der Waals surface area contributed by atoms with Crippen LogP contribution in [0.1, 0.15) is 5.56 Å². The van der Waals surface area contributed by atoms with Crippen LogP contribution in [-0.2, 0) is 4.79 Å². The van der Waals surface area contributed by atoms with Crippen LogP contribution < -0.4 is 5.32 Å². The highest BCUT2D eigenvalue weighted by Gasteiger charge is 2.34. The molecule has 112 valence electrons. The number of urea groups is 1. The fraction of sp³-hybridized carbons (Fsp3) is 0.333. The summed E-state index contributed by atoms with van der Waals surface area (Å²) in [5.41, 5.74) is 0.648. The van der Waals surface area contributed by atoms with Crippen LogP contribution in [0.3, 0.4) is 0 Å². The third-order valence-corrected chi connectivity index (χ3v) is 4.10. The van der Waals surface area contributed by atoms with Crippen molar-refractivity contribution in [3.05, 3.63) is 33.9 Å². The lowest BCUT2D eigenvalue weighted by Crippen LogP contribution is -2.43. The van der Waals surface area contributed by atoms with Crippen molar-refractivity contribution in [3.63, 3.8) is 0 Å². The van der Waals surface area contributed by atoms with Crippen molar-refractivity contribution in [2.24, 2.45) is 0 Å². The zero-order valence-corrected chi connectivity index (χ0v) is 11.9. The lowest BCUT2D eigenvalue weighted by molar-refractivity contribution is -0.385. The predicted molar refractivity (Wildman–Crippen MR) is 77.4 cm³/mol. The number of anilines is 1. The Morgan fingerprint density at radius 2 is 2.24 bits per heavy atom. The van der Waals surface area contributed by atoms with Crippen LogP contribution in [-0.4, -0.2) is 44.6 Å². The molecule has 1 aliphatic heterocycles. The molecule has 21 heavy (non-hydrogen) atoms. The number of aryl methyl sites for hydroxylation is 1. The smallest absolute Gasteiger partial charge is 0.327 e. The van der Waals surface area contributed by atoms with E-state index in [2.05, 4.69) is 5.32 Å². The number of carboxylic acid groups (broad SMARTS) is 1. The number of hydrogen-bond donors (Lipinski definition) is 2. The molecule has 0 aromatic heterocycles. The fourth-order valence-electron chi connectivity index (χ4n) is 1.93. The number of nitro groups is 1. The second kappa shape index (κ2) is 6.00. The van der Waals surface area contributed by atoms with E-state index in [1.54, 1.807) is 13.0 Å². The molecule has 1 atom stereocenters. The Hall–Kier alpha value is -2.29. The normalized spacial score (nSPS) is 17.6. The Morgan fingerprint density at radius 3 is 2.86 bits per heavy atom. The largest absolute Gasteiger partial charge is 0.480 e. The maximum absolute atomic E-state index is 12.1. The van der Waals surface area contributed by atoms with Gasteiger partial charge in [0, 0.05) is 23.1 Å². The topological polar surface area (TPSA) is 113 Å². The summed E-state index contributed by atoms with van der Waals surface area (Å²) in [6.07, 6.45) is 0. The molecule has 1 heterocycles. The maximum Gasteiger partial charge on any atom is 0.327 e. The second-order valence-electron chi connectivity index (χ2n) is 4.51. The first-order valence-corrected chi connectivity index (χ1v) is 7.19. The van der Waals surface area contributed by atoms with Gasteiger partial charge in [0.15, 0.2) is 0 Å². The Bertz CT molecular complexity index is 607. The van der Waals surface area contributed by atoms with Gasteiger partial charge in [-0.25, -0.2) is 9.59 Å². The molecule has 0 saturated carbocycles. The number of hydrogen-bond acceptors (Lipinski definition) is 5. The summed E-state index contributed by atoms with van der Waals surface area (Å²) >= 11 is 1.34. The molecule has 1 saturated heterocycles. The van der Waals surface area contributed by atoms with Crippen LogP contribution in [0.2, 0.25) is 0 Å². The van der Waals surface area contributed by atoms with Gasteiger partial charge in [0.1, 0.15) is 6.04 Å². The molecule has 0 bridgehead atoms. The standard InChI is InChI=1S/C12H13N3O5S/c1-7-2-3-8(4-9(7)15(19)20)13-12(18)14-6-21-5-10(14)11(16)17/h2-4,10H,5-6H2,1H3,(H,13,18)(H,16,17). The second-order valence-corrected chi connectivity index (χ2v) is 5.51. The summed E-state index contributed by atoms with van der Waals surface area (Å²) in [5.74, 6) is -0.460. The SMILES string of the molecule is Cc1ccc(NC(=O)N2CSCC2C(=O)O)cc1[N+](=O)[O-]. The summed E-state index contributed by atoms with van der Waals surface area (Å²) in [7, 11) is 0. The quantitative estimate of drug-likeness (QED) is 0.651. The molecule has 0 spiro atoms. The molecule has 2 N–H and O–H groups in total. The van der Waals surface area contributed by atoms with Gasteiger partial charge < -0.3 is 15.3 Å². The summed E-state index contributed by atoms with van der Waals surface area (Å²) < 4.78 is 0. The van der Waals surface area contributed by atoms with Crippen LogP contribution in [0.25, 0.3) is 0 Å². The van der Waals surface area contributed by atoms with Gasteiger partial charge in [0.25, 0.3) is 5.69 Å². The molecule has 1 fully saturated rings. The van der Waals surface area contributed by atoms with Crippen molar-refractivity contribution >= 4 is 35.1 Å². The van der Waals surface area contributed by atoms with Crippen LogP contribution in [0.5, 0.6) is 0 Å². The van der Waals surface area contributed by atoms with E-state index in [4.69, 9.17) is 5.11 Å². The van der Waals surface area contributed by atoms with E-state index in [0.717, 1.165) is 0 Å². The number of carbonyl (C=O) groups is 2. The molecule has 1 aliphatic rings. The zero-order valence-electron chi connectivity index (χ0n) is 11.1. The van der Waals surface area contributed by atoms with Crippen molar-refractivity contribution in [2.45, 2.75) is 13.0 Å². The molecule has 8 nitrogen and oxygen atoms in total. The van der Waals surface area contributed by atoms with E-state index >= 15 is 0 Å². The highest BCUT2D eigenvalue weighted by molar-refractivity contribution is 7.99. The van der Waals surface area contributed by atoms with Crippen LogP contribution in [0, 0.1) is 17.0 Å². The van der Waals surface area contributed by atoms with E-state index in [9.17, 15) is 19.7 Å². The van der Waals surface area contributed by atoms with Crippen LogP contribution in [0.4, 0.5) is 16.2 Å². The van der Waals surface area contributed by atoms with E-state index in [-0.39, 0.29) is 17.3 Å². The molecular weight excluding hydrogens is 298 g/mol. The molecular formula is C12H13N3O5S. The lowest BCUT2D eigenvalue weighted by Gasteiger charge is -2.20. The Morgan fingerprint density at radius 1 is 1.52 bits per heavy atom. The number of nitro benzene ring substituents is 1. The van der Waals surface area contributed by atoms with Gasteiger partial charge in [-0.1, -0.05) is 6.07 Å². The third-order valence-electron chi connectivity index (χ3n) is 3.09. The van der Waals surface area contributed by atoms with Crippen LogP contribution in [0.15, 0.2) is 18.2 Å². The van der Waals surface area contributed by atoms with Crippen molar-refractivity contribution in [1.82, 2.24) is 4.90 Å². The number of rotatable bonds is 3. The lowest BCUT2D eigenvalue weighted by atomic mass is 10.2. The molecule has 9 heteroatoms. The van der Waals surface area contributed by atoms with Gasteiger partial charge in [-0.3, -0.25) is 10.1 Å². The van der Waals surface area contributed by atoms with Gasteiger partial charge in [-0.15, -0.1) is 11.8 Å². The first-order valence-electron chi connectivity index (χ1n) is 6.03. The van der Waals surface area contributed by atoms with Gasteiger partial charge >= 0.3 is 12.0 Å². The minimum absolute atomic E-state index is 0.0987. The highest BCUT2D eigenvalue weighted by atomic mass is 32.2. The molecule has 1 aromatic carbocycles. The summed E-state index contributed by atoms with van der Waals surface area (Å²) in [4.78, 5) is 34.6. The first kappa shape index (κ1) is 15.1. The van der Waals surface area contributed by atoms with Crippen LogP contribution >= 0.6 is 11.8 Å². The molecule has 2 amide bonds. The number of benzene rings is 1. The van der Waals surface area contributed by atoms with E-state index in [1.807, 2.05) is 0 Å². The summed E-state index contributed by atoms with van der Waals surface area (Å²) in [6, 6.07) is 2.87. The third kappa shape index (κ3) is 3.24. The zero-order chi connectivity index (χ0) is 15.6. The molecule has 1 aromatic rings.